The summed E-state index contributed by atoms with van der Waals surface area (Å²) in [5.41, 5.74) is 0. The standard InChI is InChI=1S/C12H23NO3/c1-4-5-6-7-8-9-11(16-3)12(15)13-10(2)14/h11H,4-9H2,1-3H3,(H,13,14,15). The van der Waals surface area contributed by atoms with Crippen molar-refractivity contribution < 1.29 is 14.3 Å². The number of nitrogens with one attached hydrogen (secondary N) is 1. The molecule has 4 nitrogen and oxygen atoms in total. The largest absolute Gasteiger partial charge is 0.372 e. The first-order valence-electron chi connectivity index (χ1n) is 5.96. The average Bonchev–Trinajstić information content (AvgIpc) is 2.22. The summed E-state index contributed by atoms with van der Waals surface area (Å²) < 4.78 is 5.06. The van der Waals surface area contributed by atoms with Crippen LogP contribution in [0.1, 0.15) is 52.4 Å². The lowest BCUT2D eigenvalue weighted by atomic mass is 10.1. The molecule has 94 valence electrons. The summed E-state index contributed by atoms with van der Waals surface area (Å²) in [5, 5.41) is 2.24. The fourth-order valence-electron chi connectivity index (χ4n) is 1.54. The van der Waals surface area contributed by atoms with Gasteiger partial charge in [0.15, 0.2) is 0 Å². The van der Waals surface area contributed by atoms with Gasteiger partial charge in [-0.15, -0.1) is 0 Å². The van der Waals surface area contributed by atoms with E-state index >= 15 is 0 Å². The molecule has 0 aliphatic rings. The van der Waals surface area contributed by atoms with Gasteiger partial charge in [0.25, 0.3) is 5.91 Å². The van der Waals surface area contributed by atoms with Gasteiger partial charge in [-0.25, -0.2) is 0 Å². The van der Waals surface area contributed by atoms with E-state index in [1.165, 1.54) is 33.3 Å². The number of unbranched alkanes of at least 4 members (excludes halogenated alkanes) is 4. The lowest BCUT2D eigenvalue weighted by molar-refractivity contribution is -0.136. The Balaban J connectivity index is 3.73. The van der Waals surface area contributed by atoms with Crippen LogP contribution in [0.25, 0.3) is 0 Å². The molecule has 0 aromatic rings. The first kappa shape index (κ1) is 15.1. The first-order valence-corrected chi connectivity index (χ1v) is 5.96. The lowest BCUT2D eigenvalue weighted by Gasteiger charge is -2.13. The highest BCUT2D eigenvalue weighted by Crippen LogP contribution is 2.09. The quantitative estimate of drug-likeness (QED) is 0.648. The Morgan fingerprint density at radius 3 is 2.31 bits per heavy atom. The van der Waals surface area contributed by atoms with Crippen LogP contribution in [0, 0.1) is 0 Å². The highest BCUT2D eigenvalue weighted by atomic mass is 16.5. The van der Waals surface area contributed by atoms with Crippen LogP contribution in [0.15, 0.2) is 0 Å². The highest BCUT2D eigenvalue weighted by molar-refractivity contribution is 5.96. The molecule has 0 bridgehead atoms. The fraction of sp³-hybridized carbons (Fsp3) is 0.833. The number of amides is 2. The third-order valence-electron chi connectivity index (χ3n) is 2.45. The second-order valence-corrected chi connectivity index (χ2v) is 3.97. The molecule has 0 aromatic heterocycles. The SMILES string of the molecule is CCCCCCCC(OC)C(=O)NC(C)=O. The van der Waals surface area contributed by atoms with Crippen LogP contribution in [-0.2, 0) is 14.3 Å². The fourth-order valence-corrected chi connectivity index (χ4v) is 1.54. The second kappa shape index (κ2) is 9.33. The van der Waals surface area contributed by atoms with Crippen molar-refractivity contribution in [2.24, 2.45) is 0 Å². The molecule has 0 aliphatic carbocycles. The van der Waals surface area contributed by atoms with Crippen LogP contribution >= 0.6 is 0 Å². The lowest BCUT2D eigenvalue weighted by Crippen LogP contribution is -2.38. The molecular formula is C12H23NO3. The van der Waals surface area contributed by atoms with Gasteiger partial charge in [0.1, 0.15) is 6.10 Å². The molecule has 1 atom stereocenters. The molecule has 0 spiro atoms. The summed E-state index contributed by atoms with van der Waals surface area (Å²) in [7, 11) is 1.50. The number of ether oxygens (including phenoxy) is 1. The molecule has 0 aromatic carbocycles. The van der Waals surface area contributed by atoms with E-state index in [0.717, 1.165) is 12.8 Å². The Kier molecular flexibility index (Phi) is 8.81. The van der Waals surface area contributed by atoms with E-state index in [1.54, 1.807) is 0 Å². The third kappa shape index (κ3) is 7.40. The van der Waals surface area contributed by atoms with Crippen LogP contribution in [0.5, 0.6) is 0 Å². The molecular weight excluding hydrogens is 206 g/mol. The maximum Gasteiger partial charge on any atom is 0.255 e. The van der Waals surface area contributed by atoms with Crippen molar-refractivity contribution in [2.75, 3.05) is 7.11 Å². The Hall–Kier alpha value is -0.900. The summed E-state index contributed by atoms with van der Waals surface area (Å²) >= 11 is 0. The van der Waals surface area contributed by atoms with Gasteiger partial charge >= 0.3 is 0 Å². The second-order valence-electron chi connectivity index (χ2n) is 3.97. The Morgan fingerprint density at radius 1 is 1.19 bits per heavy atom. The van der Waals surface area contributed by atoms with E-state index < -0.39 is 6.10 Å². The molecule has 0 aliphatic heterocycles. The Labute approximate surface area is 97.7 Å². The Bertz CT molecular complexity index is 216. The summed E-state index contributed by atoms with van der Waals surface area (Å²) in [6.45, 7) is 3.49. The maximum atomic E-state index is 11.4. The number of carbonyl (C=O) groups excluding carboxylic acids is 2. The summed E-state index contributed by atoms with van der Waals surface area (Å²) in [5.74, 6) is -0.663. The normalized spacial score (nSPS) is 12.2. The first-order chi connectivity index (χ1) is 7.61. The van der Waals surface area contributed by atoms with E-state index in [0.29, 0.717) is 6.42 Å². The maximum absolute atomic E-state index is 11.4. The summed E-state index contributed by atoms with van der Waals surface area (Å²) in [6.07, 6.45) is 5.90. The van der Waals surface area contributed by atoms with Gasteiger partial charge in [-0.2, -0.15) is 0 Å². The van der Waals surface area contributed by atoms with Crippen molar-refractivity contribution in [3.63, 3.8) is 0 Å². The Morgan fingerprint density at radius 2 is 1.81 bits per heavy atom. The van der Waals surface area contributed by atoms with E-state index in [1.807, 2.05) is 0 Å². The smallest absolute Gasteiger partial charge is 0.255 e. The van der Waals surface area contributed by atoms with Gasteiger partial charge in [-0.3, -0.25) is 14.9 Å². The van der Waals surface area contributed by atoms with Crippen molar-refractivity contribution in [1.82, 2.24) is 5.32 Å². The van der Waals surface area contributed by atoms with Crippen molar-refractivity contribution in [3.8, 4) is 0 Å². The average molecular weight is 229 g/mol. The number of hydrogen-bond acceptors (Lipinski definition) is 3. The molecule has 0 radical (unpaired) electrons. The number of hydrogen-bond donors (Lipinski definition) is 1. The molecule has 4 heteroatoms. The van der Waals surface area contributed by atoms with Crippen LogP contribution in [0.4, 0.5) is 0 Å². The van der Waals surface area contributed by atoms with Crippen molar-refractivity contribution >= 4 is 11.8 Å². The van der Waals surface area contributed by atoms with Gasteiger partial charge < -0.3 is 4.74 Å². The molecule has 0 fully saturated rings. The van der Waals surface area contributed by atoms with Crippen LogP contribution in [0.3, 0.4) is 0 Å². The summed E-state index contributed by atoms with van der Waals surface area (Å²) in [4.78, 5) is 22.1. The zero-order valence-corrected chi connectivity index (χ0v) is 10.5. The van der Waals surface area contributed by atoms with Gasteiger partial charge in [-0.05, 0) is 6.42 Å². The number of rotatable bonds is 8. The van der Waals surface area contributed by atoms with Crippen molar-refractivity contribution in [2.45, 2.75) is 58.5 Å². The number of imide groups is 1. The van der Waals surface area contributed by atoms with E-state index in [2.05, 4.69) is 12.2 Å². The predicted molar refractivity (Wildman–Crippen MR) is 63.0 cm³/mol. The zero-order chi connectivity index (χ0) is 12.4. The predicted octanol–water partition coefficient (Wildman–Crippen LogP) is 2.02. The van der Waals surface area contributed by atoms with Gasteiger partial charge in [0.05, 0.1) is 0 Å². The molecule has 0 saturated carbocycles. The molecule has 0 rings (SSSR count). The monoisotopic (exact) mass is 229 g/mol. The van der Waals surface area contributed by atoms with E-state index in [-0.39, 0.29) is 11.8 Å². The van der Waals surface area contributed by atoms with Gasteiger partial charge in [0.2, 0.25) is 5.91 Å². The molecule has 1 N–H and O–H groups in total. The number of carbonyl (C=O) groups is 2. The van der Waals surface area contributed by atoms with Crippen molar-refractivity contribution in [1.29, 1.82) is 0 Å². The number of methoxy groups -OCH3 is 1. The minimum Gasteiger partial charge on any atom is -0.372 e. The topological polar surface area (TPSA) is 55.4 Å². The summed E-state index contributed by atoms with van der Waals surface area (Å²) in [6, 6.07) is 0. The minimum absolute atomic E-state index is 0.328. The van der Waals surface area contributed by atoms with Crippen molar-refractivity contribution in [3.05, 3.63) is 0 Å². The molecule has 2 amide bonds. The molecule has 0 saturated heterocycles. The zero-order valence-electron chi connectivity index (χ0n) is 10.5. The molecule has 0 heterocycles. The van der Waals surface area contributed by atoms with Crippen LogP contribution in [0.2, 0.25) is 0 Å². The van der Waals surface area contributed by atoms with Gasteiger partial charge in [0, 0.05) is 14.0 Å². The van der Waals surface area contributed by atoms with Gasteiger partial charge in [-0.1, -0.05) is 39.0 Å². The molecule has 16 heavy (non-hydrogen) atoms. The van der Waals surface area contributed by atoms with E-state index in [4.69, 9.17) is 4.74 Å². The molecule has 1 unspecified atom stereocenters. The highest BCUT2D eigenvalue weighted by Gasteiger charge is 2.17. The minimum atomic E-state index is -0.495. The van der Waals surface area contributed by atoms with E-state index in [9.17, 15) is 9.59 Å². The van der Waals surface area contributed by atoms with Crippen LogP contribution < -0.4 is 5.32 Å². The third-order valence-corrected chi connectivity index (χ3v) is 2.45. The van der Waals surface area contributed by atoms with Crippen LogP contribution in [-0.4, -0.2) is 25.0 Å².